The Morgan fingerprint density at radius 2 is 2.14 bits per heavy atom. The van der Waals surface area contributed by atoms with Crippen LogP contribution in [0.2, 0.25) is 0 Å². The van der Waals surface area contributed by atoms with E-state index < -0.39 is 0 Å². The summed E-state index contributed by atoms with van der Waals surface area (Å²) < 4.78 is 4.95. The summed E-state index contributed by atoms with van der Waals surface area (Å²) in [7, 11) is 3.79. The summed E-state index contributed by atoms with van der Waals surface area (Å²) in [6.45, 7) is 6.07. The molecule has 0 aliphatic rings. The molecule has 4 nitrogen and oxygen atoms in total. The molecule has 0 aliphatic carbocycles. The largest absolute Gasteiger partial charge is 0.465 e. The number of nitrogens with zero attached hydrogens (tertiary/aromatic N) is 1. The zero-order valence-corrected chi connectivity index (χ0v) is 9.67. The second-order valence-corrected chi connectivity index (χ2v) is 3.36. The van der Waals surface area contributed by atoms with Gasteiger partial charge in [-0.1, -0.05) is 6.92 Å². The van der Waals surface area contributed by atoms with Crippen LogP contribution < -0.4 is 5.32 Å². The van der Waals surface area contributed by atoms with Gasteiger partial charge in [-0.25, -0.2) is 0 Å². The Morgan fingerprint density at radius 1 is 1.50 bits per heavy atom. The van der Waals surface area contributed by atoms with Crippen LogP contribution in [0.5, 0.6) is 0 Å². The molecular formula is C10H22N2O2. The van der Waals surface area contributed by atoms with E-state index in [0.29, 0.717) is 13.2 Å². The molecule has 0 rings (SSSR count). The summed E-state index contributed by atoms with van der Waals surface area (Å²) >= 11 is 0. The van der Waals surface area contributed by atoms with E-state index in [2.05, 4.69) is 17.1 Å². The van der Waals surface area contributed by atoms with Crippen molar-refractivity contribution < 1.29 is 9.53 Å². The highest BCUT2D eigenvalue weighted by Crippen LogP contribution is 1.94. The molecule has 14 heavy (non-hydrogen) atoms. The van der Waals surface area contributed by atoms with E-state index in [0.717, 1.165) is 13.0 Å². The van der Waals surface area contributed by atoms with E-state index in [1.54, 1.807) is 7.05 Å². The molecule has 0 aromatic rings. The summed E-state index contributed by atoms with van der Waals surface area (Å²) in [6, 6.07) is -0.216. The first-order valence-corrected chi connectivity index (χ1v) is 5.18. The maximum atomic E-state index is 11.4. The summed E-state index contributed by atoms with van der Waals surface area (Å²) in [6.07, 6.45) is 1.09. The number of nitrogens with one attached hydrogen (secondary N) is 1. The Morgan fingerprint density at radius 3 is 2.57 bits per heavy atom. The lowest BCUT2D eigenvalue weighted by molar-refractivity contribution is -0.145. The fourth-order valence-electron chi connectivity index (χ4n) is 1.31. The fourth-order valence-corrected chi connectivity index (χ4v) is 1.31. The minimum atomic E-state index is -0.216. The smallest absolute Gasteiger partial charge is 0.324 e. The van der Waals surface area contributed by atoms with Gasteiger partial charge >= 0.3 is 5.97 Å². The van der Waals surface area contributed by atoms with Gasteiger partial charge in [0.05, 0.1) is 6.61 Å². The van der Waals surface area contributed by atoms with Gasteiger partial charge in [-0.3, -0.25) is 4.79 Å². The average Bonchev–Trinajstić information content (AvgIpc) is 2.15. The van der Waals surface area contributed by atoms with Crippen molar-refractivity contribution in [3.05, 3.63) is 0 Å². The molecule has 1 N–H and O–H groups in total. The molecule has 0 amide bonds. The highest BCUT2D eigenvalue weighted by atomic mass is 16.5. The van der Waals surface area contributed by atoms with Crippen LogP contribution >= 0.6 is 0 Å². The maximum Gasteiger partial charge on any atom is 0.324 e. The summed E-state index contributed by atoms with van der Waals surface area (Å²) in [5, 5.41) is 2.96. The molecule has 0 spiro atoms. The predicted octanol–water partition coefficient (Wildman–Crippen LogP) is 0.479. The lowest BCUT2D eigenvalue weighted by Gasteiger charge is -2.21. The van der Waals surface area contributed by atoms with Crippen molar-refractivity contribution in [2.45, 2.75) is 26.3 Å². The second kappa shape index (κ2) is 7.76. The van der Waals surface area contributed by atoms with Gasteiger partial charge in [0.15, 0.2) is 0 Å². The Balaban J connectivity index is 3.94. The SMILES string of the molecule is CCCN(C)CC(NC)C(=O)OCC. The molecule has 1 unspecified atom stereocenters. The topological polar surface area (TPSA) is 41.6 Å². The molecule has 0 saturated heterocycles. The predicted molar refractivity (Wildman–Crippen MR) is 57.3 cm³/mol. The fraction of sp³-hybridized carbons (Fsp3) is 0.900. The second-order valence-electron chi connectivity index (χ2n) is 3.36. The monoisotopic (exact) mass is 202 g/mol. The van der Waals surface area contributed by atoms with Gasteiger partial charge in [-0.2, -0.15) is 0 Å². The first-order valence-electron chi connectivity index (χ1n) is 5.18. The first-order chi connectivity index (χ1) is 6.65. The molecule has 0 aromatic heterocycles. The highest BCUT2D eigenvalue weighted by Gasteiger charge is 2.18. The number of esters is 1. The number of hydrogen-bond acceptors (Lipinski definition) is 4. The number of carbonyl (C=O) groups is 1. The maximum absolute atomic E-state index is 11.4. The molecule has 4 heteroatoms. The molecule has 1 atom stereocenters. The summed E-state index contributed by atoms with van der Waals surface area (Å²) in [5.74, 6) is -0.169. The van der Waals surface area contributed by atoms with Crippen molar-refractivity contribution >= 4 is 5.97 Å². The normalized spacial score (nSPS) is 12.9. The quantitative estimate of drug-likeness (QED) is 0.610. The van der Waals surface area contributed by atoms with Crippen molar-refractivity contribution in [3.8, 4) is 0 Å². The van der Waals surface area contributed by atoms with Crippen molar-refractivity contribution in [1.29, 1.82) is 0 Å². The number of ether oxygens (including phenoxy) is 1. The standard InChI is InChI=1S/C10H22N2O2/c1-5-7-12(4)8-9(11-3)10(13)14-6-2/h9,11H,5-8H2,1-4H3. The van der Waals surface area contributed by atoms with E-state index in [4.69, 9.17) is 4.74 Å². The van der Waals surface area contributed by atoms with Gasteiger partial charge in [0.25, 0.3) is 0 Å². The third-order valence-corrected chi connectivity index (χ3v) is 2.02. The zero-order valence-electron chi connectivity index (χ0n) is 9.67. The van der Waals surface area contributed by atoms with Gasteiger partial charge in [0.2, 0.25) is 0 Å². The van der Waals surface area contributed by atoms with E-state index in [9.17, 15) is 4.79 Å². The van der Waals surface area contributed by atoms with Gasteiger partial charge in [-0.15, -0.1) is 0 Å². The first kappa shape index (κ1) is 13.4. The Hall–Kier alpha value is -0.610. The van der Waals surface area contributed by atoms with Crippen molar-refractivity contribution in [1.82, 2.24) is 10.2 Å². The molecule has 84 valence electrons. The van der Waals surface area contributed by atoms with Gasteiger partial charge in [0, 0.05) is 6.54 Å². The van der Waals surface area contributed by atoms with Crippen molar-refractivity contribution in [2.75, 3.05) is 33.8 Å². The van der Waals surface area contributed by atoms with Gasteiger partial charge < -0.3 is 15.0 Å². The molecule has 0 saturated carbocycles. The molecule has 0 heterocycles. The zero-order chi connectivity index (χ0) is 11.0. The van der Waals surface area contributed by atoms with E-state index in [1.807, 2.05) is 14.0 Å². The van der Waals surface area contributed by atoms with Crippen molar-refractivity contribution in [3.63, 3.8) is 0 Å². The summed E-state index contributed by atoms with van der Waals surface area (Å²) in [5.41, 5.74) is 0. The molecule has 0 radical (unpaired) electrons. The number of hydrogen-bond donors (Lipinski definition) is 1. The van der Waals surface area contributed by atoms with Crippen LogP contribution in [0.15, 0.2) is 0 Å². The Kier molecular flexibility index (Phi) is 7.42. The van der Waals surface area contributed by atoms with Crippen LogP contribution in [0, 0.1) is 0 Å². The lowest BCUT2D eigenvalue weighted by Crippen LogP contribution is -2.44. The Bertz CT molecular complexity index is 162. The Labute approximate surface area is 86.6 Å². The van der Waals surface area contributed by atoms with E-state index >= 15 is 0 Å². The number of carbonyl (C=O) groups excluding carboxylic acids is 1. The molecule has 0 aromatic carbocycles. The van der Waals surface area contributed by atoms with Crippen LogP contribution in [0.4, 0.5) is 0 Å². The molecule has 0 bridgehead atoms. The third-order valence-electron chi connectivity index (χ3n) is 2.02. The third kappa shape index (κ3) is 5.19. The van der Waals surface area contributed by atoms with Crippen LogP contribution in [0.1, 0.15) is 20.3 Å². The molecular weight excluding hydrogens is 180 g/mol. The number of likely N-dealkylation sites (N-methyl/N-ethyl adjacent to an activating group) is 2. The van der Waals surface area contributed by atoms with E-state index in [1.165, 1.54) is 0 Å². The van der Waals surface area contributed by atoms with Crippen LogP contribution in [-0.2, 0) is 9.53 Å². The average molecular weight is 202 g/mol. The summed E-state index contributed by atoms with van der Waals surface area (Å²) in [4.78, 5) is 13.5. The molecule has 0 fully saturated rings. The minimum absolute atomic E-state index is 0.169. The van der Waals surface area contributed by atoms with Crippen molar-refractivity contribution in [2.24, 2.45) is 0 Å². The van der Waals surface area contributed by atoms with E-state index in [-0.39, 0.29) is 12.0 Å². The molecule has 0 aliphatic heterocycles. The van der Waals surface area contributed by atoms with Crippen LogP contribution in [-0.4, -0.2) is 50.7 Å². The van der Waals surface area contributed by atoms with Gasteiger partial charge in [-0.05, 0) is 34.0 Å². The minimum Gasteiger partial charge on any atom is -0.465 e. The highest BCUT2D eigenvalue weighted by molar-refractivity contribution is 5.76. The number of rotatable bonds is 7. The van der Waals surface area contributed by atoms with Gasteiger partial charge in [0.1, 0.15) is 6.04 Å². The van der Waals surface area contributed by atoms with Crippen LogP contribution in [0.3, 0.4) is 0 Å². The van der Waals surface area contributed by atoms with Crippen LogP contribution in [0.25, 0.3) is 0 Å². The lowest BCUT2D eigenvalue weighted by atomic mass is 10.2.